The lowest BCUT2D eigenvalue weighted by atomic mass is 10.1. The largest absolute Gasteiger partial charge is 0.569 e. The molecule has 1 heterocycles. The molecule has 2 aromatic carbocycles. The maximum absolute atomic E-state index is 12.2. The van der Waals surface area contributed by atoms with E-state index in [-0.39, 0.29) is 5.78 Å². The van der Waals surface area contributed by atoms with E-state index in [1.54, 1.807) is 30.5 Å². The Morgan fingerprint density at radius 2 is 1.76 bits per heavy atom. The fraction of sp³-hybridized carbons (Fsp3) is 0.238. The summed E-state index contributed by atoms with van der Waals surface area (Å²) < 4.78 is 12.4. The average Bonchev–Trinajstić information content (AvgIpc) is 2.98. The third kappa shape index (κ3) is 6.61. The molecule has 0 fully saturated rings. The molecule has 0 amide bonds. The van der Waals surface area contributed by atoms with Crippen LogP contribution in [0, 0.1) is 3.57 Å². The summed E-state index contributed by atoms with van der Waals surface area (Å²) in [6.07, 6.45) is 1.29. The molecule has 0 unspecified atom stereocenters. The van der Waals surface area contributed by atoms with Crippen molar-refractivity contribution in [3.63, 3.8) is 0 Å². The lowest BCUT2D eigenvalue weighted by Crippen LogP contribution is -2.26. The highest BCUT2D eigenvalue weighted by Gasteiger charge is 2.20. The molecule has 3 rings (SSSR count). The zero-order valence-electron chi connectivity index (χ0n) is 16.7. The molecule has 0 aliphatic carbocycles. The van der Waals surface area contributed by atoms with Gasteiger partial charge in [-0.3, -0.25) is 9.36 Å². The van der Waals surface area contributed by atoms with Crippen molar-refractivity contribution in [2.45, 2.75) is 33.3 Å². The van der Waals surface area contributed by atoms with Crippen molar-refractivity contribution in [1.29, 1.82) is 0 Å². The first-order valence-electron chi connectivity index (χ1n) is 8.85. The number of aromatic nitrogens is 1. The Kier molecular flexibility index (Phi) is 7.86. The van der Waals surface area contributed by atoms with Gasteiger partial charge in [0.1, 0.15) is 5.60 Å². The number of carbonyl (C=O) groups excluding carboxylic acids is 2. The van der Waals surface area contributed by atoms with E-state index in [2.05, 4.69) is 27.2 Å². The van der Waals surface area contributed by atoms with E-state index in [4.69, 9.17) is 9.76 Å². The molecule has 0 saturated heterocycles. The van der Waals surface area contributed by atoms with Crippen molar-refractivity contribution >= 4 is 53.1 Å². The summed E-state index contributed by atoms with van der Waals surface area (Å²) in [4.78, 5) is 23.7. The van der Waals surface area contributed by atoms with Gasteiger partial charge in [-0.1, -0.05) is 30.3 Å². The van der Waals surface area contributed by atoms with E-state index in [0.29, 0.717) is 24.5 Å². The highest BCUT2D eigenvalue weighted by molar-refractivity contribution is 14.1. The van der Waals surface area contributed by atoms with E-state index in [9.17, 15) is 9.59 Å². The number of hydrogen-bond acceptors (Lipinski definition) is 5. The molecule has 3 aromatic rings. The minimum absolute atomic E-state index is 0.0288. The molecule has 0 aliphatic rings. The molecule has 29 heavy (non-hydrogen) atoms. The van der Waals surface area contributed by atoms with Crippen LogP contribution in [0.4, 0.5) is 4.79 Å². The maximum atomic E-state index is 12.2. The number of rotatable bonds is 3. The van der Waals surface area contributed by atoms with E-state index >= 15 is 0 Å². The minimum atomic E-state index is -0.558. The van der Waals surface area contributed by atoms with Crippen LogP contribution < -0.4 is 4.65 Å². The van der Waals surface area contributed by atoms with Gasteiger partial charge in [0.25, 0.3) is 0 Å². The predicted molar refractivity (Wildman–Crippen MR) is 121 cm³/mol. The molecule has 0 saturated carbocycles. The molecular weight excluding hydrogens is 484 g/mol. The maximum Gasteiger partial charge on any atom is 0.569 e. The van der Waals surface area contributed by atoms with Gasteiger partial charge in [-0.15, -0.1) is 0 Å². The van der Waals surface area contributed by atoms with Gasteiger partial charge in [0, 0.05) is 20.7 Å². The summed E-state index contributed by atoms with van der Waals surface area (Å²) in [7, 11) is 0.662. The van der Waals surface area contributed by atoms with Gasteiger partial charge in [0.15, 0.2) is 5.78 Å². The molecular formula is C21H22BINO5. The van der Waals surface area contributed by atoms with Crippen LogP contribution in [0.1, 0.15) is 38.1 Å². The van der Waals surface area contributed by atoms with Gasteiger partial charge in [0.05, 0.1) is 11.3 Å². The Bertz CT molecular complexity index is 995. The summed E-state index contributed by atoms with van der Waals surface area (Å²) in [6, 6.07) is 14.4. The van der Waals surface area contributed by atoms with Crippen molar-refractivity contribution < 1.29 is 24.0 Å². The van der Waals surface area contributed by atoms with Crippen LogP contribution in [0.5, 0.6) is 5.75 Å². The Morgan fingerprint density at radius 1 is 1.10 bits per heavy atom. The molecule has 8 heteroatoms. The summed E-state index contributed by atoms with van der Waals surface area (Å²) in [5.74, 6) is 0.610. The van der Waals surface area contributed by atoms with Crippen LogP contribution in [0.2, 0.25) is 0 Å². The Labute approximate surface area is 184 Å². The molecule has 1 aromatic heterocycles. The lowest BCUT2D eigenvalue weighted by Gasteiger charge is -2.19. The third-order valence-electron chi connectivity index (χ3n) is 3.69. The second-order valence-electron chi connectivity index (χ2n) is 7.15. The van der Waals surface area contributed by atoms with Gasteiger partial charge in [-0.2, -0.15) is 0 Å². The number of hydrogen-bond donors (Lipinski definition) is 1. The lowest BCUT2D eigenvalue weighted by molar-refractivity contribution is 0.0544. The van der Waals surface area contributed by atoms with Gasteiger partial charge in [0.2, 0.25) is 0 Å². The van der Waals surface area contributed by atoms with E-state index in [0.717, 1.165) is 8.96 Å². The molecule has 0 spiro atoms. The smallest absolute Gasteiger partial charge is 0.537 e. The number of ketones is 1. The number of halogens is 1. The van der Waals surface area contributed by atoms with Crippen LogP contribution in [0.15, 0.2) is 54.7 Å². The van der Waals surface area contributed by atoms with E-state index in [1.165, 1.54) is 11.5 Å². The number of fused-ring (bicyclic) bond motifs is 1. The first kappa shape index (κ1) is 23.0. The van der Waals surface area contributed by atoms with Gasteiger partial charge in [-0.25, -0.2) is 4.79 Å². The molecule has 6 nitrogen and oxygen atoms in total. The molecule has 0 aliphatic heterocycles. The number of para-hydroxylation sites is 1. The SMILES string of the molecule is CC(=O)c1ccc2c(I)cn(C(=O)OC(C)(C)C)c2c1.O[B]Oc1ccccc1. The number of Topliss-reactive ketones (excluding diaryl/α,β-unsaturated/α-hetero) is 1. The van der Waals surface area contributed by atoms with Crippen molar-refractivity contribution in [2.24, 2.45) is 0 Å². The average molecular weight is 506 g/mol. The van der Waals surface area contributed by atoms with Crippen LogP contribution >= 0.6 is 22.6 Å². The summed E-state index contributed by atoms with van der Waals surface area (Å²) in [5.41, 5.74) is 0.713. The molecule has 1 N–H and O–H groups in total. The first-order valence-corrected chi connectivity index (χ1v) is 9.93. The van der Waals surface area contributed by atoms with Crippen molar-refractivity contribution in [3.8, 4) is 5.75 Å². The topological polar surface area (TPSA) is 77.8 Å². The standard InChI is InChI=1S/C15H16INO3.C6H6BO2/c1-9(18)10-5-6-11-12(16)8-17(13(11)7-10)14(19)20-15(2,3)4;8-7-9-6-4-2-1-3-5-6/h5-8H,1-4H3;1-5,8H. The molecule has 151 valence electrons. The zero-order chi connectivity index (χ0) is 21.6. The Morgan fingerprint density at radius 3 is 2.31 bits per heavy atom. The van der Waals surface area contributed by atoms with Crippen LogP contribution in [0.3, 0.4) is 0 Å². The Balaban J connectivity index is 0.000000278. The summed E-state index contributed by atoms with van der Waals surface area (Å²) in [5, 5.41) is 9.10. The molecule has 0 atom stereocenters. The van der Waals surface area contributed by atoms with Crippen LogP contribution in [0.25, 0.3) is 10.9 Å². The number of carbonyl (C=O) groups is 2. The Hall–Kier alpha value is -2.33. The zero-order valence-corrected chi connectivity index (χ0v) is 18.8. The van der Waals surface area contributed by atoms with E-state index in [1.807, 2.05) is 45.0 Å². The third-order valence-corrected chi connectivity index (χ3v) is 4.55. The fourth-order valence-electron chi connectivity index (χ4n) is 2.43. The minimum Gasteiger partial charge on any atom is -0.537 e. The predicted octanol–water partition coefficient (Wildman–Crippen LogP) is 4.82. The van der Waals surface area contributed by atoms with Crippen LogP contribution in [-0.4, -0.2) is 34.8 Å². The first-order chi connectivity index (χ1) is 13.6. The highest BCUT2D eigenvalue weighted by atomic mass is 127. The van der Waals surface area contributed by atoms with Crippen molar-refractivity contribution in [2.75, 3.05) is 0 Å². The number of nitrogens with zero attached hydrogens (tertiary/aromatic N) is 1. The van der Waals surface area contributed by atoms with Gasteiger partial charge in [-0.05, 0) is 68.5 Å². The molecule has 0 bridgehead atoms. The van der Waals surface area contributed by atoms with Crippen LogP contribution in [-0.2, 0) is 4.74 Å². The summed E-state index contributed by atoms with van der Waals surface area (Å²) in [6.45, 7) is 6.97. The highest BCUT2D eigenvalue weighted by Crippen LogP contribution is 2.25. The van der Waals surface area contributed by atoms with Gasteiger partial charge >= 0.3 is 13.8 Å². The fourth-order valence-corrected chi connectivity index (χ4v) is 3.16. The monoisotopic (exact) mass is 506 g/mol. The van der Waals surface area contributed by atoms with E-state index < -0.39 is 11.7 Å². The van der Waals surface area contributed by atoms with Crippen molar-refractivity contribution in [1.82, 2.24) is 4.57 Å². The summed E-state index contributed by atoms with van der Waals surface area (Å²) >= 11 is 2.17. The number of benzene rings is 2. The normalized spacial score (nSPS) is 10.7. The molecule has 1 radical (unpaired) electrons. The number of ether oxygens (including phenoxy) is 1. The second-order valence-corrected chi connectivity index (χ2v) is 8.31. The van der Waals surface area contributed by atoms with Crippen molar-refractivity contribution in [3.05, 3.63) is 63.9 Å². The quantitative estimate of drug-likeness (QED) is 0.313. The second kappa shape index (κ2) is 9.93. The van der Waals surface area contributed by atoms with Gasteiger partial charge < -0.3 is 14.4 Å².